The van der Waals surface area contributed by atoms with Crippen LogP contribution in [0, 0.1) is 18.3 Å². The summed E-state index contributed by atoms with van der Waals surface area (Å²) in [6.45, 7) is 4.59. The SMILES string of the molecule is Cc1cc(Br)cc2c1CN(CC(O)c1ccc(C#N)cc1)CC2. The van der Waals surface area contributed by atoms with Crippen molar-refractivity contribution < 1.29 is 5.11 Å². The smallest absolute Gasteiger partial charge is 0.0991 e. The van der Waals surface area contributed by atoms with Crippen molar-refractivity contribution in [1.29, 1.82) is 5.26 Å². The van der Waals surface area contributed by atoms with Crippen LogP contribution in [0.5, 0.6) is 0 Å². The minimum atomic E-state index is -0.528. The fourth-order valence-electron chi connectivity index (χ4n) is 3.16. The van der Waals surface area contributed by atoms with Crippen molar-refractivity contribution >= 4 is 15.9 Å². The molecule has 0 fully saturated rings. The Hall–Kier alpha value is -1.67. The summed E-state index contributed by atoms with van der Waals surface area (Å²) in [6.07, 6.45) is 0.482. The monoisotopic (exact) mass is 370 g/mol. The summed E-state index contributed by atoms with van der Waals surface area (Å²) in [6, 6.07) is 13.6. The molecule has 0 spiro atoms. The zero-order valence-corrected chi connectivity index (χ0v) is 14.7. The first-order valence-electron chi connectivity index (χ1n) is 7.75. The molecule has 1 atom stereocenters. The number of benzene rings is 2. The zero-order chi connectivity index (χ0) is 16.4. The Morgan fingerprint density at radius 2 is 2.04 bits per heavy atom. The van der Waals surface area contributed by atoms with Crippen LogP contribution in [-0.4, -0.2) is 23.1 Å². The lowest BCUT2D eigenvalue weighted by Gasteiger charge is -2.31. The molecular formula is C19H19BrN2O. The number of nitriles is 1. The number of aryl methyl sites for hydroxylation is 1. The highest BCUT2D eigenvalue weighted by atomic mass is 79.9. The Labute approximate surface area is 145 Å². The lowest BCUT2D eigenvalue weighted by Crippen LogP contribution is -2.34. The molecule has 23 heavy (non-hydrogen) atoms. The van der Waals surface area contributed by atoms with E-state index in [1.54, 1.807) is 12.1 Å². The third-order valence-electron chi connectivity index (χ3n) is 4.46. The second-order valence-electron chi connectivity index (χ2n) is 6.10. The van der Waals surface area contributed by atoms with Gasteiger partial charge in [0.05, 0.1) is 17.7 Å². The van der Waals surface area contributed by atoms with Crippen molar-refractivity contribution in [2.75, 3.05) is 13.1 Å². The topological polar surface area (TPSA) is 47.3 Å². The summed E-state index contributed by atoms with van der Waals surface area (Å²) < 4.78 is 1.14. The number of rotatable bonds is 3. The number of halogens is 1. The van der Waals surface area contributed by atoms with Crippen LogP contribution >= 0.6 is 15.9 Å². The number of hydrogen-bond donors (Lipinski definition) is 1. The predicted octanol–water partition coefficient (Wildman–Crippen LogP) is 3.72. The molecule has 3 nitrogen and oxygen atoms in total. The molecule has 2 aromatic rings. The molecule has 1 heterocycles. The third kappa shape index (κ3) is 3.64. The molecule has 1 aliphatic heterocycles. The molecule has 4 heteroatoms. The van der Waals surface area contributed by atoms with Crippen molar-refractivity contribution in [3.63, 3.8) is 0 Å². The molecule has 3 rings (SSSR count). The molecule has 0 aromatic heterocycles. The first kappa shape index (κ1) is 16.2. The normalized spacial score (nSPS) is 15.7. The summed E-state index contributed by atoms with van der Waals surface area (Å²) in [5.41, 5.74) is 5.57. The van der Waals surface area contributed by atoms with Crippen LogP contribution < -0.4 is 0 Å². The van der Waals surface area contributed by atoms with Gasteiger partial charge in [-0.25, -0.2) is 0 Å². The molecular weight excluding hydrogens is 352 g/mol. The number of hydrogen-bond acceptors (Lipinski definition) is 3. The molecule has 0 bridgehead atoms. The van der Waals surface area contributed by atoms with Crippen LogP contribution in [0.1, 0.15) is 33.9 Å². The molecule has 0 saturated heterocycles. The maximum atomic E-state index is 10.5. The van der Waals surface area contributed by atoms with Crippen molar-refractivity contribution in [2.24, 2.45) is 0 Å². The van der Waals surface area contributed by atoms with Crippen LogP contribution in [0.2, 0.25) is 0 Å². The first-order chi connectivity index (χ1) is 11.1. The minimum absolute atomic E-state index is 0.528. The fourth-order valence-corrected chi connectivity index (χ4v) is 3.78. The van der Waals surface area contributed by atoms with Gasteiger partial charge in [-0.2, -0.15) is 5.26 Å². The molecule has 2 aromatic carbocycles. The summed E-state index contributed by atoms with van der Waals surface area (Å²) in [5, 5.41) is 19.3. The van der Waals surface area contributed by atoms with Crippen molar-refractivity contribution in [3.8, 4) is 6.07 Å². The van der Waals surface area contributed by atoms with E-state index in [4.69, 9.17) is 5.26 Å². The quantitative estimate of drug-likeness (QED) is 0.895. The van der Waals surface area contributed by atoms with Crippen LogP contribution in [0.15, 0.2) is 40.9 Å². The Kier molecular flexibility index (Phi) is 4.82. The van der Waals surface area contributed by atoms with Crippen LogP contribution in [-0.2, 0) is 13.0 Å². The standard InChI is InChI=1S/C19H19BrN2O/c1-13-8-17(20)9-16-6-7-22(11-18(13)16)12-19(23)15-4-2-14(10-21)3-5-15/h2-5,8-9,19,23H,6-7,11-12H2,1H3. The molecule has 1 N–H and O–H groups in total. The Bertz CT molecular complexity index is 749. The second-order valence-corrected chi connectivity index (χ2v) is 7.01. The van der Waals surface area contributed by atoms with Gasteiger partial charge >= 0.3 is 0 Å². The van der Waals surface area contributed by atoms with E-state index in [9.17, 15) is 5.11 Å². The van der Waals surface area contributed by atoms with Gasteiger partial charge in [0.2, 0.25) is 0 Å². The van der Waals surface area contributed by atoms with Gasteiger partial charge in [-0.3, -0.25) is 4.90 Å². The summed E-state index contributed by atoms with van der Waals surface area (Å²) in [5.74, 6) is 0. The van der Waals surface area contributed by atoms with E-state index in [1.165, 1.54) is 16.7 Å². The van der Waals surface area contributed by atoms with Gasteiger partial charge in [-0.05, 0) is 59.9 Å². The number of nitrogens with zero attached hydrogens (tertiary/aromatic N) is 2. The van der Waals surface area contributed by atoms with Gasteiger partial charge in [-0.15, -0.1) is 0 Å². The third-order valence-corrected chi connectivity index (χ3v) is 4.92. The fraction of sp³-hybridized carbons (Fsp3) is 0.316. The van der Waals surface area contributed by atoms with Crippen LogP contribution in [0.25, 0.3) is 0 Å². The van der Waals surface area contributed by atoms with Crippen molar-refractivity contribution in [3.05, 3.63) is 68.7 Å². The summed E-state index contributed by atoms with van der Waals surface area (Å²) in [4.78, 5) is 2.30. The molecule has 0 aliphatic carbocycles. The van der Waals surface area contributed by atoms with E-state index in [2.05, 4.69) is 46.0 Å². The maximum absolute atomic E-state index is 10.5. The van der Waals surface area contributed by atoms with Gasteiger partial charge in [-0.1, -0.05) is 28.1 Å². The largest absolute Gasteiger partial charge is 0.387 e. The van der Waals surface area contributed by atoms with Gasteiger partial charge in [0, 0.05) is 24.1 Å². The molecule has 0 amide bonds. The Morgan fingerprint density at radius 3 is 2.74 bits per heavy atom. The minimum Gasteiger partial charge on any atom is -0.387 e. The van der Waals surface area contributed by atoms with Crippen LogP contribution in [0.4, 0.5) is 0 Å². The van der Waals surface area contributed by atoms with E-state index < -0.39 is 6.10 Å². The van der Waals surface area contributed by atoms with Crippen molar-refractivity contribution in [2.45, 2.75) is 26.0 Å². The van der Waals surface area contributed by atoms with Gasteiger partial charge in [0.1, 0.15) is 0 Å². The van der Waals surface area contributed by atoms with Crippen molar-refractivity contribution in [1.82, 2.24) is 4.90 Å². The Morgan fingerprint density at radius 1 is 1.30 bits per heavy atom. The highest BCUT2D eigenvalue weighted by Gasteiger charge is 2.21. The zero-order valence-electron chi connectivity index (χ0n) is 13.1. The van der Waals surface area contributed by atoms with Crippen LogP contribution in [0.3, 0.4) is 0 Å². The highest BCUT2D eigenvalue weighted by Crippen LogP contribution is 2.27. The molecule has 118 valence electrons. The lowest BCUT2D eigenvalue weighted by molar-refractivity contribution is 0.106. The van der Waals surface area contributed by atoms with Gasteiger partial charge < -0.3 is 5.11 Å². The molecule has 0 radical (unpaired) electrons. The molecule has 0 saturated carbocycles. The maximum Gasteiger partial charge on any atom is 0.0991 e. The van der Waals surface area contributed by atoms with E-state index in [-0.39, 0.29) is 0 Å². The average molecular weight is 371 g/mol. The number of β-amino-alcohol motifs (C(OH)–C–C–N with tert-alkyl or cyclic N) is 1. The average Bonchev–Trinajstić information content (AvgIpc) is 2.55. The number of fused-ring (bicyclic) bond motifs is 1. The van der Waals surface area contributed by atoms with E-state index in [0.29, 0.717) is 12.1 Å². The first-order valence-corrected chi connectivity index (χ1v) is 8.54. The number of aliphatic hydroxyl groups excluding tert-OH is 1. The van der Waals surface area contributed by atoms with E-state index in [0.717, 1.165) is 29.5 Å². The molecule has 1 aliphatic rings. The summed E-state index contributed by atoms with van der Waals surface area (Å²) >= 11 is 3.56. The molecule has 1 unspecified atom stereocenters. The van der Waals surface area contributed by atoms with Gasteiger partial charge in [0.25, 0.3) is 0 Å². The Balaban J connectivity index is 1.70. The number of aliphatic hydroxyl groups is 1. The van der Waals surface area contributed by atoms with E-state index >= 15 is 0 Å². The highest BCUT2D eigenvalue weighted by molar-refractivity contribution is 9.10. The predicted molar refractivity (Wildman–Crippen MR) is 94.0 cm³/mol. The lowest BCUT2D eigenvalue weighted by atomic mass is 9.95. The summed E-state index contributed by atoms with van der Waals surface area (Å²) in [7, 11) is 0. The van der Waals surface area contributed by atoms with Gasteiger partial charge in [0.15, 0.2) is 0 Å². The van der Waals surface area contributed by atoms with E-state index in [1.807, 2.05) is 12.1 Å². The second kappa shape index (κ2) is 6.84.